The average molecular weight is 290 g/mol. The maximum absolute atomic E-state index is 12.2. The van der Waals surface area contributed by atoms with Crippen molar-refractivity contribution in [2.45, 2.75) is 33.2 Å². The van der Waals surface area contributed by atoms with Gasteiger partial charge in [-0.05, 0) is 29.0 Å². The predicted octanol–water partition coefficient (Wildman–Crippen LogP) is 2.59. The number of rotatable bonds is 4. The lowest BCUT2D eigenvalue weighted by Gasteiger charge is -2.27. The smallest absolute Gasteiger partial charge is 0.223 e. The van der Waals surface area contributed by atoms with Gasteiger partial charge in [-0.1, -0.05) is 32.9 Å². The fourth-order valence-electron chi connectivity index (χ4n) is 2.74. The number of likely N-dealkylation sites (tertiary alicyclic amines) is 1. The van der Waals surface area contributed by atoms with Crippen LogP contribution in [0.3, 0.4) is 0 Å². The second-order valence-corrected chi connectivity index (χ2v) is 6.95. The zero-order valence-electron chi connectivity index (χ0n) is 13.4. The topological polar surface area (TPSA) is 55.6 Å². The van der Waals surface area contributed by atoms with Gasteiger partial charge in [0, 0.05) is 25.6 Å². The Hall–Kier alpha value is -1.55. The quantitative estimate of drug-likeness (QED) is 0.927. The summed E-state index contributed by atoms with van der Waals surface area (Å²) in [7, 11) is 1.64. The normalized spacial score (nSPS) is 20.7. The summed E-state index contributed by atoms with van der Waals surface area (Å²) in [5.41, 5.74) is 7.42. The molecule has 0 saturated carbocycles. The molecule has 1 aliphatic rings. The third-order valence-corrected chi connectivity index (χ3v) is 4.38. The van der Waals surface area contributed by atoms with E-state index in [0.717, 1.165) is 17.9 Å². The molecule has 0 aliphatic carbocycles. The molecule has 1 amide bonds. The number of hydrogen-bond acceptors (Lipinski definition) is 3. The number of nitrogens with zero attached hydrogens (tertiary/aromatic N) is 1. The van der Waals surface area contributed by atoms with Crippen LogP contribution in [0.4, 0.5) is 0 Å². The van der Waals surface area contributed by atoms with Crippen LogP contribution in [0.2, 0.25) is 0 Å². The lowest BCUT2D eigenvalue weighted by molar-refractivity contribution is -0.128. The minimum absolute atomic E-state index is 0.157. The first-order chi connectivity index (χ1) is 9.81. The molecular formula is C17H26N2O2. The summed E-state index contributed by atoms with van der Waals surface area (Å²) in [5, 5.41) is 0. The van der Waals surface area contributed by atoms with Crippen molar-refractivity contribution < 1.29 is 9.53 Å². The molecule has 1 heterocycles. The average Bonchev–Trinajstić information content (AvgIpc) is 2.80. The van der Waals surface area contributed by atoms with Gasteiger partial charge in [-0.2, -0.15) is 0 Å². The summed E-state index contributed by atoms with van der Waals surface area (Å²) in [6.45, 7) is 7.95. The Morgan fingerprint density at radius 2 is 2.14 bits per heavy atom. The first-order valence-corrected chi connectivity index (χ1v) is 7.48. The number of hydrogen-bond donors (Lipinski definition) is 1. The van der Waals surface area contributed by atoms with Gasteiger partial charge in [-0.3, -0.25) is 4.79 Å². The molecule has 4 heteroatoms. The van der Waals surface area contributed by atoms with E-state index in [4.69, 9.17) is 10.5 Å². The Kier molecular flexibility index (Phi) is 4.57. The summed E-state index contributed by atoms with van der Waals surface area (Å²) in [6.07, 6.45) is 0.633. The second kappa shape index (κ2) is 6.06. The van der Waals surface area contributed by atoms with Crippen LogP contribution in [0.25, 0.3) is 0 Å². The molecule has 2 atom stereocenters. The Morgan fingerprint density at radius 1 is 1.43 bits per heavy atom. The van der Waals surface area contributed by atoms with Crippen molar-refractivity contribution in [3.05, 3.63) is 29.8 Å². The largest absolute Gasteiger partial charge is 0.497 e. The molecule has 1 aromatic carbocycles. The molecule has 0 bridgehead atoms. The third kappa shape index (κ3) is 3.76. The van der Waals surface area contributed by atoms with Crippen molar-refractivity contribution in [3.63, 3.8) is 0 Å². The zero-order valence-corrected chi connectivity index (χ0v) is 13.4. The van der Waals surface area contributed by atoms with Gasteiger partial charge < -0.3 is 15.4 Å². The van der Waals surface area contributed by atoms with Gasteiger partial charge in [0.05, 0.1) is 7.11 Å². The summed E-state index contributed by atoms with van der Waals surface area (Å²) in [5.74, 6) is 1.42. The van der Waals surface area contributed by atoms with Gasteiger partial charge >= 0.3 is 0 Å². The van der Waals surface area contributed by atoms with Crippen molar-refractivity contribution in [1.29, 1.82) is 0 Å². The summed E-state index contributed by atoms with van der Waals surface area (Å²) in [6, 6.07) is 7.56. The Morgan fingerprint density at radius 3 is 2.71 bits per heavy atom. The van der Waals surface area contributed by atoms with Crippen molar-refractivity contribution >= 4 is 5.91 Å². The molecule has 1 fully saturated rings. The van der Waals surface area contributed by atoms with Crippen LogP contribution >= 0.6 is 0 Å². The summed E-state index contributed by atoms with van der Waals surface area (Å²) in [4.78, 5) is 14.1. The van der Waals surface area contributed by atoms with E-state index in [9.17, 15) is 4.79 Å². The van der Waals surface area contributed by atoms with Gasteiger partial charge in [0.25, 0.3) is 0 Å². The van der Waals surface area contributed by atoms with Gasteiger partial charge in [0.15, 0.2) is 0 Å². The first kappa shape index (κ1) is 15.8. The van der Waals surface area contributed by atoms with Crippen LogP contribution in [0.1, 0.15) is 38.8 Å². The standard InChI is InChI=1S/C17H26N2O2/c1-17(2,3)13-9-16(20)19(10-13)11-15(18)12-6-5-7-14(8-12)21-4/h5-8,13,15H,9-11,18H2,1-4H3. The van der Waals surface area contributed by atoms with Crippen molar-refractivity contribution in [1.82, 2.24) is 4.90 Å². The molecule has 1 saturated heterocycles. The summed E-state index contributed by atoms with van der Waals surface area (Å²) >= 11 is 0. The van der Waals surface area contributed by atoms with Crippen LogP contribution in [-0.4, -0.2) is 31.0 Å². The highest BCUT2D eigenvalue weighted by Gasteiger charge is 2.37. The summed E-state index contributed by atoms with van der Waals surface area (Å²) < 4.78 is 5.22. The van der Waals surface area contributed by atoms with Gasteiger partial charge in [-0.15, -0.1) is 0 Å². The maximum atomic E-state index is 12.2. The number of carbonyl (C=O) groups excluding carboxylic acids is 1. The van der Waals surface area contributed by atoms with Crippen LogP contribution in [0, 0.1) is 11.3 Å². The van der Waals surface area contributed by atoms with Crippen molar-refractivity contribution in [2.75, 3.05) is 20.2 Å². The maximum Gasteiger partial charge on any atom is 0.223 e. The number of benzene rings is 1. The lowest BCUT2D eigenvalue weighted by Crippen LogP contribution is -2.34. The molecule has 2 N–H and O–H groups in total. The molecular weight excluding hydrogens is 264 g/mol. The molecule has 4 nitrogen and oxygen atoms in total. The third-order valence-electron chi connectivity index (χ3n) is 4.38. The van der Waals surface area contributed by atoms with E-state index in [1.54, 1.807) is 7.11 Å². The molecule has 0 radical (unpaired) electrons. The molecule has 1 aliphatic heterocycles. The minimum Gasteiger partial charge on any atom is -0.497 e. The highest BCUT2D eigenvalue weighted by molar-refractivity contribution is 5.78. The second-order valence-electron chi connectivity index (χ2n) is 6.95. The van der Waals surface area contributed by atoms with Crippen LogP contribution in [0.5, 0.6) is 5.75 Å². The molecule has 2 rings (SSSR count). The van der Waals surface area contributed by atoms with Crippen LogP contribution < -0.4 is 10.5 Å². The number of ether oxygens (including phenoxy) is 1. The molecule has 0 aromatic heterocycles. The van der Waals surface area contributed by atoms with E-state index < -0.39 is 0 Å². The van der Waals surface area contributed by atoms with Crippen molar-refractivity contribution in [2.24, 2.45) is 17.1 Å². The molecule has 0 spiro atoms. The van der Waals surface area contributed by atoms with Crippen LogP contribution in [-0.2, 0) is 4.79 Å². The van der Waals surface area contributed by atoms with Crippen LogP contribution in [0.15, 0.2) is 24.3 Å². The SMILES string of the molecule is COc1cccc(C(N)CN2CC(C(C)(C)C)CC2=O)c1. The van der Waals surface area contributed by atoms with E-state index in [-0.39, 0.29) is 17.4 Å². The van der Waals surface area contributed by atoms with E-state index in [0.29, 0.717) is 18.9 Å². The van der Waals surface area contributed by atoms with Gasteiger partial charge in [-0.25, -0.2) is 0 Å². The fraction of sp³-hybridized carbons (Fsp3) is 0.588. The van der Waals surface area contributed by atoms with E-state index in [1.165, 1.54) is 0 Å². The number of carbonyl (C=O) groups is 1. The first-order valence-electron chi connectivity index (χ1n) is 7.48. The molecule has 1 aromatic rings. The Bertz CT molecular complexity index is 508. The Balaban J connectivity index is 2.02. The van der Waals surface area contributed by atoms with Gasteiger partial charge in [0.1, 0.15) is 5.75 Å². The molecule has 116 valence electrons. The monoisotopic (exact) mass is 290 g/mol. The zero-order chi connectivity index (χ0) is 15.6. The lowest BCUT2D eigenvalue weighted by atomic mass is 9.80. The predicted molar refractivity (Wildman–Crippen MR) is 84.1 cm³/mol. The van der Waals surface area contributed by atoms with Crippen molar-refractivity contribution in [3.8, 4) is 5.75 Å². The van der Waals surface area contributed by atoms with E-state index in [1.807, 2.05) is 29.2 Å². The highest BCUT2D eigenvalue weighted by atomic mass is 16.5. The highest BCUT2D eigenvalue weighted by Crippen LogP contribution is 2.34. The molecule has 2 unspecified atom stereocenters. The minimum atomic E-state index is -0.178. The number of methoxy groups -OCH3 is 1. The van der Waals surface area contributed by atoms with Gasteiger partial charge in [0.2, 0.25) is 5.91 Å². The molecule has 21 heavy (non-hydrogen) atoms. The Labute approximate surface area is 127 Å². The van der Waals surface area contributed by atoms with E-state index >= 15 is 0 Å². The van der Waals surface area contributed by atoms with E-state index in [2.05, 4.69) is 20.8 Å². The fourth-order valence-corrected chi connectivity index (χ4v) is 2.74. The number of nitrogens with two attached hydrogens (primary N) is 1. The number of amides is 1.